The second kappa shape index (κ2) is 4.32. The maximum absolute atomic E-state index is 5.54. The molecule has 0 aliphatic heterocycles. The Morgan fingerprint density at radius 3 is 2.35 bits per heavy atom. The number of fused-ring (bicyclic) bond motifs is 1. The zero-order valence-electron chi connectivity index (χ0n) is 9.85. The van der Waals surface area contributed by atoms with Crippen LogP contribution >= 0.6 is 0 Å². The smallest absolute Gasteiger partial charge is 0.220 e. The van der Waals surface area contributed by atoms with E-state index in [1.54, 1.807) is 33.6 Å². The zero-order chi connectivity index (χ0) is 12.4. The minimum Gasteiger partial charge on any atom is -0.493 e. The molecule has 0 bridgehead atoms. The first-order valence-corrected chi connectivity index (χ1v) is 4.92. The Kier molecular flexibility index (Phi) is 2.86. The van der Waals surface area contributed by atoms with Crippen molar-refractivity contribution in [2.45, 2.75) is 0 Å². The fourth-order valence-electron chi connectivity index (χ4n) is 1.67. The monoisotopic (exact) mass is 235 g/mol. The molecule has 0 fully saturated rings. The number of nitrogens with two attached hydrogens (primary N) is 1. The number of nitrogens with zero attached hydrogens (tertiary/aromatic N) is 2. The van der Waals surface area contributed by atoms with Crippen molar-refractivity contribution in [2.75, 3.05) is 27.1 Å². The largest absolute Gasteiger partial charge is 0.493 e. The summed E-state index contributed by atoms with van der Waals surface area (Å²) >= 11 is 0. The van der Waals surface area contributed by atoms with Gasteiger partial charge in [0, 0.05) is 12.3 Å². The molecule has 2 N–H and O–H groups in total. The number of nitrogen functional groups attached to an aromatic ring is 1. The number of anilines is 1. The Labute approximate surface area is 98.3 Å². The Morgan fingerprint density at radius 1 is 1.06 bits per heavy atom. The van der Waals surface area contributed by atoms with Gasteiger partial charge in [0.25, 0.3) is 0 Å². The van der Waals surface area contributed by atoms with Crippen LogP contribution in [0.1, 0.15) is 0 Å². The van der Waals surface area contributed by atoms with Gasteiger partial charge in [-0.1, -0.05) is 0 Å². The molecule has 0 radical (unpaired) electrons. The van der Waals surface area contributed by atoms with Crippen LogP contribution in [0.15, 0.2) is 12.3 Å². The van der Waals surface area contributed by atoms with Crippen molar-refractivity contribution < 1.29 is 14.2 Å². The van der Waals surface area contributed by atoms with Crippen molar-refractivity contribution in [1.29, 1.82) is 0 Å². The van der Waals surface area contributed by atoms with E-state index in [0.29, 0.717) is 22.8 Å². The summed E-state index contributed by atoms with van der Waals surface area (Å²) in [6, 6.07) is 1.73. The van der Waals surface area contributed by atoms with Gasteiger partial charge < -0.3 is 19.9 Å². The van der Waals surface area contributed by atoms with Gasteiger partial charge >= 0.3 is 0 Å². The molecule has 90 valence electrons. The summed E-state index contributed by atoms with van der Waals surface area (Å²) in [6.07, 6.45) is 1.60. The molecule has 0 aliphatic carbocycles. The van der Waals surface area contributed by atoms with Crippen molar-refractivity contribution in [1.82, 2.24) is 9.97 Å². The predicted octanol–water partition coefficient (Wildman–Crippen LogP) is 1.24. The molecule has 0 unspecified atom stereocenters. The zero-order valence-corrected chi connectivity index (χ0v) is 9.85. The third kappa shape index (κ3) is 1.77. The molecular formula is C11H13N3O3. The molecule has 17 heavy (non-hydrogen) atoms. The molecule has 0 aliphatic rings. The molecule has 0 saturated carbocycles. The van der Waals surface area contributed by atoms with Gasteiger partial charge in [0.15, 0.2) is 11.5 Å². The Morgan fingerprint density at radius 2 is 1.76 bits per heavy atom. The van der Waals surface area contributed by atoms with E-state index < -0.39 is 0 Å². The molecule has 2 rings (SSSR count). The van der Waals surface area contributed by atoms with E-state index in [1.807, 2.05) is 0 Å². The summed E-state index contributed by atoms with van der Waals surface area (Å²) in [5.74, 6) is 1.78. The number of rotatable bonds is 3. The lowest BCUT2D eigenvalue weighted by molar-refractivity contribution is 0.327. The molecule has 1 aromatic heterocycles. The maximum atomic E-state index is 5.54. The summed E-state index contributed by atoms with van der Waals surface area (Å²) in [7, 11) is 4.64. The van der Waals surface area contributed by atoms with Crippen molar-refractivity contribution in [3.8, 4) is 17.2 Å². The molecule has 6 heteroatoms. The van der Waals surface area contributed by atoms with E-state index in [9.17, 15) is 0 Å². The standard InChI is InChI=1S/C11H13N3O3/c1-15-8-4-7-6(5-13-11(12)14-7)9(16-2)10(8)17-3/h4-5H,1-3H3,(H2,12,13,14). The van der Waals surface area contributed by atoms with E-state index in [0.717, 1.165) is 5.39 Å². The van der Waals surface area contributed by atoms with Crippen molar-refractivity contribution >= 4 is 16.9 Å². The van der Waals surface area contributed by atoms with Gasteiger partial charge in [0.05, 0.1) is 32.2 Å². The number of aromatic nitrogens is 2. The lowest BCUT2D eigenvalue weighted by atomic mass is 10.2. The summed E-state index contributed by atoms with van der Waals surface area (Å²) < 4.78 is 15.8. The van der Waals surface area contributed by atoms with E-state index in [2.05, 4.69) is 9.97 Å². The van der Waals surface area contributed by atoms with Gasteiger partial charge in [-0.15, -0.1) is 0 Å². The number of hydrogen-bond donors (Lipinski definition) is 1. The molecular weight excluding hydrogens is 222 g/mol. The first kappa shape index (κ1) is 11.3. The molecule has 0 saturated heterocycles. The van der Waals surface area contributed by atoms with E-state index in [4.69, 9.17) is 19.9 Å². The SMILES string of the molecule is COc1cc2nc(N)ncc2c(OC)c1OC. The van der Waals surface area contributed by atoms with Crippen LogP contribution in [0, 0.1) is 0 Å². The van der Waals surface area contributed by atoms with Gasteiger partial charge in [-0.3, -0.25) is 0 Å². The number of hydrogen-bond acceptors (Lipinski definition) is 6. The third-order valence-electron chi connectivity index (χ3n) is 2.41. The molecule has 1 aromatic carbocycles. The van der Waals surface area contributed by atoms with Gasteiger partial charge in [-0.2, -0.15) is 0 Å². The highest BCUT2D eigenvalue weighted by atomic mass is 16.5. The lowest BCUT2D eigenvalue weighted by Crippen LogP contribution is -1.99. The molecule has 0 spiro atoms. The van der Waals surface area contributed by atoms with E-state index in [-0.39, 0.29) is 5.95 Å². The molecule has 1 heterocycles. The van der Waals surface area contributed by atoms with Gasteiger partial charge in [0.1, 0.15) is 0 Å². The average Bonchev–Trinajstić information content (AvgIpc) is 2.35. The van der Waals surface area contributed by atoms with Crippen LogP contribution in [-0.2, 0) is 0 Å². The second-order valence-corrected chi connectivity index (χ2v) is 3.31. The predicted molar refractivity (Wildman–Crippen MR) is 63.6 cm³/mol. The first-order chi connectivity index (χ1) is 8.21. The Bertz CT molecular complexity index is 557. The Hall–Kier alpha value is -2.24. The van der Waals surface area contributed by atoms with Crippen molar-refractivity contribution in [3.05, 3.63) is 12.3 Å². The first-order valence-electron chi connectivity index (χ1n) is 4.92. The van der Waals surface area contributed by atoms with Gasteiger partial charge in [-0.25, -0.2) is 9.97 Å². The fourth-order valence-corrected chi connectivity index (χ4v) is 1.67. The summed E-state index contributed by atoms with van der Waals surface area (Å²) in [5, 5.41) is 0.722. The van der Waals surface area contributed by atoms with Crippen LogP contribution in [0.3, 0.4) is 0 Å². The summed E-state index contributed by atoms with van der Waals surface area (Å²) in [6.45, 7) is 0. The summed E-state index contributed by atoms with van der Waals surface area (Å²) in [4.78, 5) is 8.06. The average molecular weight is 235 g/mol. The van der Waals surface area contributed by atoms with E-state index in [1.165, 1.54) is 0 Å². The number of benzene rings is 1. The topological polar surface area (TPSA) is 79.5 Å². The quantitative estimate of drug-likeness (QED) is 0.862. The van der Waals surface area contributed by atoms with Crippen LogP contribution in [0.2, 0.25) is 0 Å². The number of methoxy groups -OCH3 is 3. The molecule has 6 nitrogen and oxygen atoms in total. The minimum atomic E-state index is 0.201. The van der Waals surface area contributed by atoms with Crippen LogP contribution < -0.4 is 19.9 Å². The van der Waals surface area contributed by atoms with Gasteiger partial charge in [-0.05, 0) is 0 Å². The molecule has 0 amide bonds. The van der Waals surface area contributed by atoms with Gasteiger partial charge in [0.2, 0.25) is 11.7 Å². The minimum absolute atomic E-state index is 0.201. The fraction of sp³-hybridized carbons (Fsp3) is 0.273. The number of ether oxygens (including phenoxy) is 3. The van der Waals surface area contributed by atoms with Crippen LogP contribution in [-0.4, -0.2) is 31.3 Å². The van der Waals surface area contributed by atoms with Crippen LogP contribution in [0.4, 0.5) is 5.95 Å². The van der Waals surface area contributed by atoms with Crippen molar-refractivity contribution in [2.24, 2.45) is 0 Å². The second-order valence-electron chi connectivity index (χ2n) is 3.31. The van der Waals surface area contributed by atoms with Crippen LogP contribution in [0.25, 0.3) is 10.9 Å². The highest BCUT2D eigenvalue weighted by molar-refractivity contribution is 5.90. The summed E-state index contributed by atoms with van der Waals surface area (Å²) in [5.41, 5.74) is 6.19. The highest BCUT2D eigenvalue weighted by Gasteiger charge is 2.16. The van der Waals surface area contributed by atoms with Crippen LogP contribution in [0.5, 0.6) is 17.2 Å². The maximum Gasteiger partial charge on any atom is 0.220 e. The lowest BCUT2D eigenvalue weighted by Gasteiger charge is -2.13. The van der Waals surface area contributed by atoms with E-state index >= 15 is 0 Å². The van der Waals surface area contributed by atoms with Crippen molar-refractivity contribution in [3.63, 3.8) is 0 Å². The third-order valence-corrected chi connectivity index (χ3v) is 2.41. The molecule has 2 aromatic rings. The highest BCUT2D eigenvalue weighted by Crippen LogP contribution is 2.42. The normalized spacial score (nSPS) is 10.3. The molecule has 0 atom stereocenters. The Balaban J connectivity index is 2.83.